The van der Waals surface area contributed by atoms with E-state index in [-0.39, 0.29) is 5.91 Å². The topological polar surface area (TPSA) is 79.4 Å². The number of nitrogens with two attached hydrogens (primary N) is 1. The smallest absolute Gasteiger partial charge is 0.254 e. The highest BCUT2D eigenvalue weighted by molar-refractivity contribution is 5.94. The highest BCUT2D eigenvalue weighted by Gasteiger charge is 2.24. The summed E-state index contributed by atoms with van der Waals surface area (Å²) in [7, 11) is 0. The molecule has 0 spiro atoms. The lowest BCUT2D eigenvalue weighted by molar-refractivity contribution is 0.00347. The second kappa shape index (κ2) is 6.72. The van der Waals surface area contributed by atoms with Gasteiger partial charge in [-0.2, -0.15) is 5.26 Å². The van der Waals surface area contributed by atoms with Gasteiger partial charge in [0.1, 0.15) is 0 Å². The summed E-state index contributed by atoms with van der Waals surface area (Å²) in [5.74, 6) is 5.57. The van der Waals surface area contributed by atoms with Gasteiger partial charge in [-0.25, -0.2) is 0 Å². The summed E-state index contributed by atoms with van der Waals surface area (Å²) in [4.78, 5) is 13.9. The average molecular weight is 269 g/mol. The molecule has 0 aliphatic carbocycles. The van der Waals surface area contributed by atoms with Crippen LogP contribution in [0.15, 0.2) is 24.3 Å². The lowest BCUT2D eigenvalue weighted by Gasteiger charge is -2.29. The predicted molar refractivity (Wildman–Crippen MR) is 73.6 cm³/mol. The summed E-state index contributed by atoms with van der Waals surface area (Å²) in [6.07, 6.45) is -0.539. The molecular weight excluding hydrogens is 254 g/mol. The van der Waals surface area contributed by atoms with Crippen molar-refractivity contribution in [3.05, 3.63) is 35.4 Å². The van der Waals surface area contributed by atoms with Gasteiger partial charge in [-0.1, -0.05) is 11.8 Å². The fraction of sp³-hybridized carbons (Fsp3) is 0.333. The van der Waals surface area contributed by atoms with E-state index in [1.54, 1.807) is 29.2 Å². The molecule has 2 rings (SSSR count). The zero-order chi connectivity index (χ0) is 14.4. The first-order valence-electron chi connectivity index (χ1n) is 6.34. The number of amides is 1. The number of morpholine rings is 1. The van der Waals surface area contributed by atoms with Crippen LogP contribution in [0.2, 0.25) is 0 Å². The van der Waals surface area contributed by atoms with Crippen LogP contribution >= 0.6 is 0 Å². The normalized spacial score (nSPS) is 17.8. The summed E-state index contributed by atoms with van der Waals surface area (Å²) < 4.78 is 5.22. The van der Waals surface area contributed by atoms with Crippen molar-refractivity contribution in [2.45, 2.75) is 6.10 Å². The molecule has 1 unspecified atom stereocenters. The fourth-order valence-electron chi connectivity index (χ4n) is 1.94. The zero-order valence-corrected chi connectivity index (χ0v) is 11.0. The summed E-state index contributed by atoms with van der Waals surface area (Å²) in [6.45, 7) is 1.52. The standard InChI is InChI=1S/C15H15N3O2/c16-7-1-2-12-3-5-13(6-4-12)15(19)18-8-9-20-14(10-17)11-18/h3-6,14H,7-9,11,16H2. The van der Waals surface area contributed by atoms with Crippen molar-refractivity contribution in [1.29, 1.82) is 5.26 Å². The SMILES string of the molecule is N#CC1CN(C(=O)c2ccc(C#CCN)cc2)CCO1. The van der Waals surface area contributed by atoms with Crippen LogP contribution in [0.1, 0.15) is 15.9 Å². The number of hydrogen-bond donors (Lipinski definition) is 1. The van der Waals surface area contributed by atoms with Crippen LogP contribution in [0.4, 0.5) is 0 Å². The molecule has 1 fully saturated rings. The summed E-state index contributed by atoms with van der Waals surface area (Å²) >= 11 is 0. The molecule has 5 heteroatoms. The van der Waals surface area contributed by atoms with E-state index in [4.69, 9.17) is 15.7 Å². The lowest BCUT2D eigenvalue weighted by atomic mass is 10.1. The van der Waals surface area contributed by atoms with Crippen LogP contribution in [-0.4, -0.2) is 43.2 Å². The molecule has 102 valence electrons. The summed E-state index contributed by atoms with van der Waals surface area (Å²) in [5.41, 5.74) is 6.71. The van der Waals surface area contributed by atoms with Gasteiger partial charge < -0.3 is 15.4 Å². The van der Waals surface area contributed by atoms with Crippen molar-refractivity contribution < 1.29 is 9.53 Å². The number of carbonyl (C=O) groups excluding carboxylic acids is 1. The molecule has 1 heterocycles. The Balaban J connectivity index is 2.07. The number of ether oxygens (including phenoxy) is 1. The minimum Gasteiger partial charge on any atom is -0.360 e. The van der Waals surface area contributed by atoms with Crippen molar-refractivity contribution in [2.75, 3.05) is 26.2 Å². The van der Waals surface area contributed by atoms with Gasteiger partial charge in [0.25, 0.3) is 5.91 Å². The molecule has 20 heavy (non-hydrogen) atoms. The number of nitrogens with zero attached hydrogens (tertiary/aromatic N) is 2. The van der Waals surface area contributed by atoms with Crippen LogP contribution in [0.3, 0.4) is 0 Å². The highest BCUT2D eigenvalue weighted by Crippen LogP contribution is 2.11. The third-order valence-electron chi connectivity index (χ3n) is 2.96. The Hall–Kier alpha value is -2.34. The number of rotatable bonds is 1. The average Bonchev–Trinajstić information content (AvgIpc) is 2.52. The van der Waals surface area contributed by atoms with Gasteiger partial charge in [-0.15, -0.1) is 0 Å². The van der Waals surface area contributed by atoms with E-state index < -0.39 is 6.10 Å². The van der Waals surface area contributed by atoms with Gasteiger partial charge in [-0.05, 0) is 24.3 Å². The first-order valence-corrected chi connectivity index (χ1v) is 6.34. The van der Waals surface area contributed by atoms with Crippen molar-refractivity contribution in [1.82, 2.24) is 4.90 Å². The third kappa shape index (κ3) is 3.36. The van der Waals surface area contributed by atoms with E-state index >= 15 is 0 Å². The van der Waals surface area contributed by atoms with E-state index in [1.807, 2.05) is 6.07 Å². The maximum absolute atomic E-state index is 12.3. The molecule has 0 bridgehead atoms. The second-order valence-corrected chi connectivity index (χ2v) is 4.32. The molecule has 1 amide bonds. The monoisotopic (exact) mass is 269 g/mol. The predicted octanol–water partition coefficient (Wildman–Crippen LogP) is 0.361. The highest BCUT2D eigenvalue weighted by atomic mass is 16.5. The molecule has 0 radical (unpaired) electrons. The molecule has 1 aliphatic heterocycles. The van der Waals surface area contributed by atoms with E-state index in [9.17, 15) is 4.79 Å². The molecule has 1 aromatic rings. The van der Waals surface area contributed by atoms with E-state index in [0.717, 1.165) is 5.56 Å². The zero-order valence-electron chi connectivity index (χ0n) is 11.0. The van der Waals surface area contributed by atoms with Gasteiger partial charge in [-0.3, -0.25) is 4.79 Å². The van der Waals surface area contributed by atoms with Crippen LogP contribution in [0.5, 0.6) is 0 Å². The molecule has 0 aromatic heterocycles. The van der Waals surface area contributed by atoms with Crippen LogP contribution < -0.4 is 5.73 Å². The number of hydrogen-bond acceptors (Lipinski definition) is 4. The Morgan fingerprint density at radius 2 is 2.20 bits per heavy atom. The quantitative estimate of drug-likeness (QED) is 0.747. The maximum atomic E-state index is 12.3. The van der Waals surface area contributed by atoms with Crippen LogP contribution in [0.25, 0.3) is 0 Å². The summed E-state index contributed by atoms with van der Waals surface area (Å²) in [5, 5.41) is 8.84. The lowest BCUT2D eigenvalue weighted by Crippen LogP contribution is -2.45. The first kappa shape index (κ1) is 14.1. The minimum atomic E-state index is -0.539. The van der Waals surface area contributed by atoms with Gasteiger partial charge in [0.05, 0.1) is 25.8 Å². The molecule has 5 nitrogen and oxygen atoms in total. The van der Waals surface area contributed by atoms with E-state index in [0.29, 0.717) is 31.8 Å². The first-order chi connectivity index (χ1) is 9.74. The van der Waals surface area contributed by atoms with E-state index in [1.165, 1.54) is 0 Å². The van der Waals surface area contributed by atoms with Crippen molar-refractivity contribution in [3.63, 3.8) is 0 Å². The van der Waals surface area contributed by atoms with Gasteiger partial charge in [0, 0.05) is 17.7 Å². The molecule has 1 aromatic carbocycles. The second-order valence-electron chi connectivity index (χ2n) is 4.32. The number of benzene rings is 1. The maximum Gasteiger partial charge on any atom is 0.254 e. The summed E-state index contributed by atoms with van der Waals surface area (Å²) in [6, 6.07) is 9.08. The molecule has 1 saturated heterocycles. The molecular formula is C15H15N3O2. The minimum absolute atomic E-state index is 0.0908. The Morgan fingerprint density at radius 1 is 1.45 bits per heavy atom. The van der Waals surface area contributed by atoms with Crippen molar-refractivity contribution in [3.8, 4) is 17.9 Å². The fourth-order valence-corrected chi connectivity index (χ4v) is 1.94. The van der Waals surface area contributed by atoms with E-state index in [2.05, 4.69) is 11.8 Å². The number of nitriles is 1. The van der Waals surface area contributed by atoms with Gasteiger partial charge >= 0.3 is 0 Å². The Bertz CT molecular complexity index is 578. The Kier molecular flexibility index (Phi) is 4.73. The van der Waals surface area contributed by atoms with Gasteiger partial charge in [0.15, 0.2) is 6.10 Å². The third-order valence-corrected chi connectivity index (χ3v) is 2.96. The molecule has 1 aliphatic rings. The largest absolute Gasteiger partial charge is 0.360 e. The van der Waals surface area contributed by atoms with Crippen molar-refractivity contribution >= 4 is 5.91 Å². The van der Waals surface area contributed by atoms with Gasteiger partial charge in [0.2, 0.25) is 0 Å². The van der Waals surface area contributed by atoms with Crippen LogP contribution in [-0.2, 0) is 4.74 Å². The van der Waals surface area contributed by atoms with Crippen LogP contribution in [0, 0.1) is 23.2 Å². The van der Waals surface area contributed by atoms with Crippen molar-refractivity contribution in [2.24, 2.45) is 5.73 Å². The molecule has 2 N–H and O–H groups in total. The Labute approximate surface area is 117 Å². The number of carbonyl (C=O) groups is 1. The Morgan fingerprint density at radius 3 is 2.85 bits per heavy atom. The molecule has 1 atom stereocenters. The molecule has 0 saturated carbocycles.